The van der Waals surface area contributed by atoms with Gasteiger partial charge in [0.15, 0.2) is 0 Å². The van der Waals surface area contributed by atoms with Crippen molar-refractivity contribution < 1.29 is 4.79 Å². The van der Waals surface area contributed by atoms with Gasteiger partial charge < -0.3 is 11.1 Å². The quantitative estimate of drug-likeness (QED) is 0.531. The fourth-order valence-electron chi connectivity index (χ4n) is 2.58. The van der Waals surface area contributed by atoms with Crippen molar-refractivity contribution in [1.82, 2.24) is 5.32 Å². The van der Waals surface area contributed by atoms with E-state index in [1.54, 1.807) is 0 Å². The zero-order valence-electron chi connectivity index (χ0n) is 12.6. The van der Waals surface area contributed by atoms with E-state index in [1.165, 1.54) is 4.90 Å². The Morgan fingerprint density at radius 2 is 2.09 bits per heavy atom. The molecule has 3 N–H and O–H groups in total. The molecule has 0 radical (unpaired) electrons. The van der Waals surface area contributed by atoms with Gasteiger partial charge in [0.05, 0.1) is 0 Å². The molecule has 0 heterocycles. The number of halogens is 2. The van der Waals surface area contributed by atoms with Crippen LogP contribution in [0.25, 0.3) is 0 Å². The molecule has 124 valence electrons. The van der Waals surface area contributed by atoms with Crippen molar-refractivity contribution in [3.8, 4) is 0 Å². The molecule has 22 heavy (non-hydrogen) atoms. The molecular formula is C16H24BrClN2OS. The van der Waals surface area contributed by atoms with E-state index < -0.39 is 0 Å². The number of nitrogens with one attached hydrogen (secondary N) is 1. The van der Waals surface area contributed by atoms with Gasteiger partial charge in [-0.2, -0.15) is 0 Å². The maximum Gasteiger partial charge on any atom is 0.223 e. The summed E-state index contributed by atoms with van der Waals surface area (Å²) >= 11 is 5.41. The Kier molecular flexibility index (Phi) is 9.48. The highest BCUT2D eigenvalue weighted by molar-refractivity contribution is 9.10. The van der Waals surface area contributed by atoms with E-state index in [9.17, 15) is 4.79 Å². The molecule has 1 amide bonds. The van der Waals surface area contributed by atoms with Crippen LogP contribution in [-0.2, 0) is 4.79 Å². The number of unbranched alkanes of at least 4 members (excludes halogenated alkanes) is 1. The lowest BCUT2D eigenvalue weighted by atomic mass is 10.1. The second kappa shape index (κ2) is 10.5. The number of thioether (sulfide) groups is 1. The van der Waals surface area contributed by atoms with Crippen LogP contribution in [0.3, 0.4) is 0 Å². The second-order valence-electron chi connectivity index (χ2n) is 5.55. The predicted octanol–water partition coefficient (Wildman–Crippen LogP) is 3.99. The van der Waals surface area contributed by atoms with E-state index in [-0.39, 0.29) is 30.3 Å². The van der Waals surface area contributed by atoms with Gasteiger partial charge in [0.2, 0.25) is 5.91 Å². The Balaban J connectivity index is 0.00000242. The van der Waals surface area contributed by atoms with Crippen LogP contribution in [0.4, 0.5) is 0 Å². The topological polar surface area (TPSA) is 55.1 Å². The number of benzene rings is 1. The zero-order chi connectivity index (χ0) is 15.1. The van der Waals surface area contributed by atoms with Crippen LogP contribution >= 0.6 is 40.1 Å². The second-order valence-corrected chi connectivity index (χ2v) is 7.54. The van der Waals surface area contributed by atoms with Gasteiger partial charge >= 0.3 is 0 Å². The lowest BCUT2D eigenvalue weighted by Gasteiger charge is -2.10. The molecule has 6 heteroatoms. The largest absolute Gasteiger partial charge is 0.356 e. The normalized spacial score (nSPS) is 20.5. The molecule has 1 fully saturated rings. The molecule has 2 atom stereocenters. The van der Waals surface area contributed by atoms with Crippen LogP contribution in [0.5, 0.6) is 0 Å². The number of rotatable bonds is 7. The predicted molar refractivity (Wildman–Crippen MR) is 99.7 cm³/mol. The fraction of sp³-hybridized carbons (Fsp3) is 0.562. The van der Waals surface area contributed by atoms with Gasteiger partial charge in [-0.15, -0.1) is 24.2 Å². The van der Waals surface area contributed by atoms with Crippen LogP contribution in [0.1, 0.15) is 32.1 Å². The van der Waals surface area contributed by atoms with E-state index in [2.05, 4.69) is 39.4 Å². The average molecular weight is 408 g/mol. The SMILES string of the molecule is Cl.NC1CCC(C(=O)NCCCCSc2ccccc2Br)C1. The first-order valence-corrected chi connectivity index (χ1v) is 9.35. The molecule has 1 aliphatic carbocycles. The molecule has 1 saturated carbocycles. The Hall–Kier alpha value is -0.230. The summed E-state index contributed by atoms with van der Waals surface area (Å²) in [5.41, 5.74) is 5.84. The van der Waals surface area contributed by atoms with E-state index >= 15 is 0 Å². The molecule has 2 unspecified atom stereocenters. The van der Waals surface area contributed by atoms with Gasteiger partial charge in [-0.1, -0.05) is 12.1 Å². The number of amides is 1. The molecule has 1 aromatic rings. The van der Waals surface area contributed by atoms with Gasteiger partial charge in [-0.25, -0.2) is 0 Å². The Morgan fingerprint density at radius 1 is 1.32 bits per heavy atom. The van der Waals surface area contributed by atoms with Crippen LogP contribution in [-0.4, -0.2) is 24.2 Å². The lowest BCUT2D eigenvalue weighted by molar-refractivity contribution is -0.124. The maximum absolute atomic E-state index is 11.9. The highest BCUT2D eigenvalue weighted by Crippen LogP contribution is 2.27. The molecule has 0 saturated heterocycles. The average Bonchev–Trinajstić information content (AvgIpc) is 2.91. The van der Waals surface area contributed by atoms with E-state index in [1.807, 2.05) is 17.8 Å². The van der Waals surface area contributed by atoms with Crippen LogP contribution in [0.15, 0.2) is 33.6 Å². The first-order chi connectivity index (χ1) is 10.2. The molecule has 0 aromatic heterocycles. The minimum Gasteiger partial charge on any atom is -0.356 e. The standard InChI is InChI=1S/C16H23BrN2OS.ClH/c17-14-5-1-2-6-15(14)21-10-4-3-9-19-16(20)12-7-8-13(18)11-12;/h1-2,5-6,12-13H,3-4,7-11,18H2,(H,19,20);1H. The molecule has 1 aromatic carbocycles. The highest BCUT2D eigenvalue weighted by atomic mass is 79.9. The summed E-state index contributed by atoms with van der Waals surface area (Å²) in [6, 6.07) is 8.49. The Morgan fingerprint density at radius 3 is 2.77 bits per heavy atom. The third kappa shape index (κ3) is 6.49. The maximum atomic E-state index is 11.9. The van der Waals surface area contributed by atoms with Crippen LogP contribution in [0, 0.1) is 5.92 Å². The first kappa shape index (κ1) is 19.8. The van der Waals surface area contributed by atoms with Crippen molar-refractivity contribution in [1.29, 1.82) is 0 Å². The Labute approximate surface area is 151 Å². The summed E-state index contributed by atoms with van der Waals surface area (Å²) in [6.07, 6.45) is 4.92. The molecular weight excluding hydrogens is 384 g/mol. The van der Waals surface area contributed by atoms with Crippen molar-refractivity contribution in [3.05, 3.63) is 28.7 Å². The van der Waals surface area contributed by atoms with Crippen molar-refractivity contribution >= 4 is 46.0 Å². The van der Waals surface area contributed by atoms with Gasteiger partial charge in [0.25, 0.3) is 0 Å². The third-order valence-corrected chi connectivity index (χ3v) is 5.92. The molecule has 3 nitrogen and oxygen atoms in total. The Bertz CT molecular complexity index is 475. The zero-order valence-corrected chi connectivity index (χ0v) is 15.8. The highest BCUT2D eigenvalue weighted by Gasteiger charge is 2.27. The van der Waals surface area contributed by atoms with Crippen LogP contribution in [0.2, 0.25) is 0 Å². The summed E-state index contributed by atoms with van der Waals surface area (Å²) in [5, 5.41) is 3.04. The van der Waals surface area contributed by atoms with Crippen molar-refractivity contribution in [2.75, 3.05) is 12.3 Å². The number of carbonyl (C=O) groups excluding carboxylic acids is 1. The van der Waals surface area contributed by atoms with E-state index in [4.69, 9.17) is 5.73 Å². The van der Waals surface area contributed by atoms with Gasteiger partial charge in [0.1, 0.15) is 0 Å². The lowest BCUT2D eigenvalue weighted by Crippen LogP contribution is -2.31. The minimum absolute atomic E-state index is 0. The molecule has 0 bridgehead atoms. The first-order valence-electron chi connectivity index (χ1n) is 7.57. The van der Waals surface area contributed by atoms with Crippen LogP contribution < -0.4 is 11.1 Å². The molecule has 0 spiro atoms. The molecule has 1 aliphatic rings. The summed E-state index contributed by atoms with van der Waals surface area (Å²) in [6.45, 7) is 0.779. The molecule has 0 aliphatic heterocycles. The van der Waals surface area contributed by atoms with E-state index in [0.717, 1.165) is 48.9 Å². The smallest absolute Gasteiger partial charge is 0.223 e. The van der Waals surface area contributed by atoms with Crippen molar-refractivity contribution in [2.45, 2.75) is 43.0 Å². The van der Waals surface area contributed by atoms with Gasteiger partial charge in [0, 0.05) is 27.9 Å². The summed E-state index contributed by atoms with van der Waals surface area (Å²) in [4.78, 5) is 13.2. The number of hydrogen-bond donors (Lipinski definition) is 2. The number of carbonyl (C=O) groups is 1. The van der Waals surface area contributed by atoms with Crippen molar-refractivity contribution in [3.63, 3.8) is 0 Å². The molecule has 2 rings (SSSR count). The van der Waals surface area contributed by atoms with E-state index in [0.29, 0.717) is 0 Å². The van der Waals surface area contributed by atoms with Gasteiger partial charge in [-0.05, 0) is 65.9 Å². The van der Waals surface area contributed by atoms with Crippen molar-refractivity contribution in [2.24, 2.45) is 11.7 Å². The summed E-state index contributed by atoms with van der Waals surface area (Å²) < 4.78 is 1.15. The third-order valence-electron chi connectivity index (χ3n) is 3.81. The monoisotopic (exact) mass is 406 g/mol. The fourth-order valence-corrected chi connectivity index (χ4v) is 4.16. The minimum atomic E-state index is 0. The van der Waals surface area contributed by atoms with Gasteiger partial charge in [-0.3, -0.25) is 4.79 Å². The summed E-state index contributed by atoms with van der Waals surface area (Å²) in [7, 11) is 0. The number of nitrogens with two attached hydrogens (primary N) is 1. The summed E-state index contributed by atoms with van der Waals surface area (Å²) in [5.74, 6) is 1.42. The number of hydrogen-bond acceptors (Lipinski definition) is 3.